The Morgan fingerprint density at radius 2 is 2.19 bits per heavy atom. The zero-order valence-electron chi connectivity index (χ0n) is 10.7. The molecular weight excluding hydrogens is 312 g/mol. The Morgan fingerprint density at radius 3 is 2.90 bits per heavy atom. The van der Waals surface area contributed by atoms with E-state index >= 15 is 0 Å². The van der Waals surface area contributed by atoms with Crippen LogP contribution >= 0.6 is 23.8 Å². The summed E-state index contributed by atoms with van der Waals surface area (Å²) in [5.41, 5.74) is 0.308. The van der Waals surface area contributed by atoms with Crippen molar-refractivity contribution in [2.75, 3.05) is 5.32 Å². The van der Waals surface area contributed by atoms with Gasteiger partial charge in [0.25, 0.3) is 0 Å². The van der Waals surface area contributed by atoms with Crippen molar-refractivity contribution >= 4 is 46.6 Å². The number of halogens is 1. The van der Waals surface area contributed by atoms with E-state index in [4.69, 9.17) is 28.2 Å². The molecule has 0 unspecified atom stereocenters. The van der Waals surface area contributed by atoms with E-state index < -0.39 is 5.91 Å². The SMILES string of the molecule is O=C(/C=C/c1ccco1)NC(=S)Nc1cc(Cl)ccc1O. The highest BCUT2D eigenvalue weighted by Gasteiger charge is 2.06. The minimum Gasteiger partial charge on any atom is -0.506 e. The van der Waals surface area contributed by atoms with Gasteiger partial charge in [-0.05, 0) is 48.6 Å². The predicted molar refractivity (Wildman–Crippen MR) is 85.2 cm³/mol. The van der Waals surface area contributed by atoms with E-state index in [-0.39, 0.29) is 10.9 Å². The summed E-state index contributed by atoms with van der Waals surface area (Å²) in [7, 11) is 0. The second-order valence-corrected chi connectivity index (χ2v) is 4.80. The maximum Gasteiger partial charge on any atom is 0.250 e. The van der Waals surface area contributed by atoms with Gasteiger partial charge >= 0.3 is 0 Å². The first-order chi connectivity index (χ1) is 10.0. The van der Waals surface area contributed by atoms with Gasteiger partial charge in [-0.2, -0.15) is 0 Å². The van der Waals surface area contributed by atoms with Crippen molar-refractivity contribution < 1.29 is 14.3 Å². The molecule has 0 bridgehead atoms. The lowest BCUT2D eigenvalue weighted by molar-refractivity contribution is -0.115. The van der Waals surface area contributed by atoms with Gasteiger partial charge in [0.2, 0.25) is 5.91 Å². The number of carbonyl (C=O) groups excluding carboxylic acids is 1. The molecule has 1 heterocycles. The van der Waals surface area contributed by atoms with Crippen molar-refractivity contribution in [3.05, 3.63) is 53.5 Å². The van der Waals surface area contributed by atoms with Crippen LogP contribution in [0.25, 0.3) is 6.08 Å². The van der Waals surface area contributed by atoms with Gasteiger partial charge in [0.05, 0.1) is 12.0 Å². The van der Waals surface area contributed by atoms with Crippen LogP contribution in [0.4, 0.5) is 5.69 Å². The summed E-state index contributed by atoms with van der Waals surface area (Å²) < 4.78 is 5.05. The molecule has 0 aliphatic heterocycles. The molecule has 0 aliphatic carbocycles. The third kappa shape index (κ3) is 4.62. The summed E-state index contributed by atoms with van der Waals surface area (Å²) in [5, 5.41) is 15.2. The Kier molecular flexibility index (Phi) is 4.97. The minimum absolute atomic E-state index is 0.0258. The van der Waals surface area contributed by atoms with Crippen molar-refractivity contribution in [1.29, 1.82) is 0 Å². The lowest BCUT2D eigenvalue weighted by atomic mass is 10.3. The fraction of sp³-hybridized carbons (Fsp3) is 0. The number of hydrogen-bond acceptors (Lipinski definition) is 4. The lowest BCUT2D eigenvalue weighted by Crippen LogP contribution is -2.32. The van der Waals surface area contributed by atoms with E-state index in [1.165, 1.54) is 36.6 Å². The van der Waals surface area contributed by atoms with Crippen LogP contribution in [0.2, 0.25) is 5.02 Å². The van der Waals surface area contributed by atoms with Crippen LogP contribution in [-0.4, -0.2) is 16.1 Å². The van der Waals surface area contributed by atoms with E-state index in [1.807, 2.05) is 0 Å². The number of nitrogens with one attached hydrogen (secondary N) is 2. The first kappa shape index (κ1) is 15.1. The third-order valence-electron chi connectivity index (χ3n) is 2.39. The number of thiocarbonyl (C=S) groups is 1. The highest BCUT2D eigenvalue weighted by Crippen LogP contribution is 2.26. The highest BCUT2D eigenvalue weighted by molar-refractivity contribution is 7.80. The molecular formula is C14H11ClN2O3S. The second kappa shape index (κ2) is 6.92. The normalized spacial score (nSPS) is 10.5. The molecule has 0 saturated carbocycles. The Labute approximate surface area is 131 Å². The summed E-state index contributed by atoms with van der Waals surface area (Å²) in [4.78, 5) is 11.6. The number of anilines is 1. The van der Waals surface area contributed by atoms with Crippen LogP contribution in [0.3, 0.4) is 0 Å². The highest BCUT2D eigenvalue weighted by atomic mass is 35.5. The lowest BCUT2D eigenvalue weighted by Gasteiger charge is -2.09. The maximum atomic E-state index is 11.6. The Bertz CT molecular complexity index is 684. The number of carbonyl (C=O) groups is 1. The summed E-state index contributed by atoms with van der Waals surface area (Å²) in [5.74, 6) is 0.101. The van der Waals surface area contributed by atoms with E-state index in [1.54, 1.807) is 12.1 Å². The topological polar surface area (TPSA) is 74.5 Å². The van der Waals surface area contributed by atoms with Gasteiger partial charge in [-0.3, -0.25) is 10.1 Å². The molecule has 1 aromatic carbocycles. The quantitative estimate of drug-likeness (QED) is 0.460. The minimum atomic E-state index is -0.426. The van der Waals surface area contributed by atoms with E-state index in [0.717, 1.165) is 0 Å². The summed E-state index contributed by atoms with van der Waals surface area (Å²) in [6.45, 7) is 0. The Hall–Kier alpha value is -2.31. The van der Waals surface area contributed by atoms with Gasteiger partial charge in [0, 0.05) is 11.1 Å². The van der Waals surface area contributed by atoms with Crippen LogP contribution in [0.1, 0.15) is 5.76 Å². The Morgan fingerprint density at radius 1 is 1.38 bits per heavy atom. The first-order valence-corrected chi connectivity index (χ1v) is 6.65. The third-order valence-corrected chi connectivity index (χ3v) is 2.82. The molecule has 0 radical (unpaired) electrons. The van der Waals surface area contributed by atoms with Gasteiger partial charge in [-0.15, -0.1) is 0 Å². The number of furan rings is 1. The molecule has 0 spiro atoms. The molecule has 5 nitrogen and oxygen atoms in total. The molecule has 2 rings (SSSR count). The summed E-state index contributed by atoms with van der Waals surface area (Å²) >= 11 is 10.8. The van der Waals surface area contributed by atoms with Gasteiger partial charge in [0.15, 0.2) is 5.11 Å². The number of phenols is 1. The number of aromatic hydroxyl groups is 1. The maximum absolute atomic E-state index is 11.6. The van der Waals surface area contributed by atoms with Crippen LogP contribution in [0.15, 0.2) is 47.1 Å². The van der Waals surface area contributed by atoms with Crippen molar-refractivity contribution in [2.45, 2.75) is 0 Å². The summed E-state index contributed by atoms with van der Waals surface area (Å²) in [6.07, 6.45) is 4.30. The van der Waals surface area contributed by atoms with Crippen LogP contribution in [-0.2, 0) is 4.79 Å². The number of phenolic OH excluding ortho intramolecular Hbond substituents is 1. The first-order valence-electron chi connectivity index (χ1n) is 5.86. The predicted octanol–water partition coefficient (Wildman–Crippen LogP) is 3.17. The van der Waals surface area contributed by atoms with Gasteiger partial charge in [-0.1, -0.05) is 11.6 Å². The van der Waals surface area contributed by atoms with Crippen LogP contribution in [0.5, 0.6) is 5.75 Å². The fourth-order valence-corrected chi connectivity index (χ4v) is 1.84. The zero-order chi connectivity index (χ0) is 15.2. The number of hydrogen-bond donors (Lipinski definition) is 3. The molecule has 0 saturated heterocycles. The van der Waals surface area contributed by atoms with Crippen molar-refractivity contribution in [3.8, 4) is 5.75 Å². The van der Waals surface area contributed by atoms with Crippen LogP contribution < -0.4 is 10.6 Å². The van der Waals surface area contributed by atoms with Gasteiger partial charge in [0.1, 0.15) is 11.5 Å². The second-order valence-electron chi connectivity index (χ2n) is 3.95. The molecule has 1 aromatic heterocycles. The number of benzene rings is 1. The van der Waals surface area contributed by atoms with Gasteiger partial charge < -0.3 is 14.8 Å². The van der Waals surface area contributed by atoms with E-state index in [0.29, 0.717) is 16.5 Å². The van der Waals surface area contributed by atoms with E-state index in [9.17, 15) is 9.90 Å². The standard InChI is InChI=1S/C14H11ClN2O3S/c15-9-3-5-12(18)11(8-9)16-14(21)17-13(19)6-4-10-2-1-7-20-10/h1-8,18H,(H2,16,17,19,21)/b6-4+. The molecule has 0 atom stereocenters. The molecule has 21 heavy (non-hydrogen) atoms. The average molecular weight is 323 g/mol. The largest absolute Gasteiger partial charge is 0.506 e. The molecule has 3 N–H and O–H groups in total. The van der Waals surface area contributed by atoms with Crippen molar-refractivity contribution in [1.82, 2.24) is 5.32 Å². The average Bonchev–Trinajstić information content (AvgIpc) is 2.94. The molecule has 0 aliphatic rings. The number of amides is 1. The van der Waals surface area contributed by atoms with Crippen LogP contribution in [0, 0.1) is 0 Å². The molecule has 0 fully saturated rings. The molecule has 2 aromatic rings. The Balaban J connectivity index is 1.92. The molecule has 1 amide bonds. The van der Waals surface area contributed by atoms with Crippen molar-refractivity contribution in [3.63, 3.8) is 0 Å². The van der Waals surface area contributed by atoms with E-state index in [2.05, 4.69) is 10.6 Å². The summed E-state index contributed by atoms with van der Waals surface area (Å²) in [6, 6.07) is 7.88. The fourth-order valence-electron chi connectivity index (χ4n) is 1.46. The monoisotopic (exact) mass is 322 g/mol. The smallest absolute Gasteiger partial charge is 0.250 e. The molecule has 7 heteroatoms. The zero-order valence-corrected chi connectivity index (χ0v) is 12.2. The molecule has 108 valence electrons. The van der Waals surface area contributed by atoms with Crippen molar-refractivity contribution in [2.24, 2.45) is 0 Å². The van der Waals surface area contributed by atoms with Gasteiger partial charge in [-0.25, -0.2) is 0 Å². The number of rotatable bonds is 3.